The van der Waals surface area contributed by atoms with Crippen LogP contribution in [0.5, 0.6) is 0 Å². The van der Waals surface area contributed by atoms with Gasteiger partial charge in [0, 0.05) is 30.6 Å². The molecule has 10 heteroatoms. The molecule has 3 aromatic heterocycles. The maximum absolute atomic E-state index is 11.9. The first-order valence-electron chi connectivity index (χ1n) is 8.68. The van der Waals surface area contributed by atoms with Crippen molar-refractivity contribution in [1.82, 2.24) is 25.2 Å². The molecule has 3 rings (SSSR count). The van der Waals surface area contributed by atoms with Crippen molar-refractivity contribution in [3.63, 3.8) is 0 Å². The third-order valence-corrected chi connectivity index (χ3v) is 5.63. The Morgan fingerprint density at radius 3 is 2.96 bits per heavy atom. The van der Waals surface area contributed by atoms with Crippen molar-refractivity contribution in [3.8, 4) is 0 Å². The monoisotopic (exact) mass is 405 g/mol. The lowest BCUT2D eigenvalue weighted by molar-refractivity contribution is 0.251. The molecule has 0 aliphatic heterocycles. The number of thiazole rings is 1. The lowest BCUT2D eigenvalue weighted by Gasteiger charge is -2.09. The fourth-order valence-electron chi connectivity index (χ4n) is 2.44. The highest BCUT2D eigenvalue weighted by atomic mass is 32.1. The van der Waals surface area contributed by atoms with Gasteiger partial charge in [-0.1, -0.05) is 0 Å². The molecule has 0 bridgehead atoms. The van der Waals surface area contributed by atoms with Crippen molar-refractivity contribution in [2.75, 3.05) is 44.4 Å². The van der Waals surface area contributed by atoms with E-state index in [-0.39, 0.29) is 6.03 Å². The fourth-order valence-corrected chi connectivity index (χ4v) is 4.06. The third-order valence-electron chi connectivity index (χ3n) is 3.75. The van der Waals surface area contributed by atoms with Gasteiger partial charge in [0.05, 0.1) is 10.2 Å². The van der Waals surface area contributed by atoms with Gasteiger partial charge in [-0.25, -0.2) is 19.7 Å². The van der Waals surface area contributed by atoms with E-state index in [2.05, 4.69) is 35.8 Å². The summed E-state index contributed by atoms with van der Waals surface area (Å²) in [4.78, 5) is 27.9. The minimum absolute atomic E-state index is 0.214. The maximum atomic E-state index is 11.9. The number of rotatable bonds is 9. The fraction of sp³-hybridized carbons (Fsp3) is 0.412. The zero-order chi connectivity index (χ0) is 19.1. The zero-order valence-corrected chi connectivity index (χ0v) is 17.0. The molecule has 0 unspecified atom stereocenters. The Bertz CT molecular complexity index is 877. The second-order valence-electron chi connectivity index (χ2n) is 6.20. The minimum atomic E-state index is -0.214. The Balaban J connectivity index is 1.41. The van der Waals surface area contributed by atoms with Gasteiger partial charge in [-0.3, -0.25) is 5.32 Å². The highest BCUT2D eigenvalue weighted by molar-refractivity contribution is 7.17. The molecule has 144 valence electrons. The molecule has 3 aromatic rings. The van der Waals surface area contributed by atoms with Gasteiger partial charge in [0.15, 0.2) is 5.13 Å². The van der Waals surface area contributed by atoms with Crippen LogP contribution in [-0.4, -0.2) is 59.6 Å². The topological polar surface area (TPSA) is 95.1 Å². The van der Waals surface area contributed by atoms with E-state index in [1.54, 1.807) is 23.9 Å². The van der Waals surface area contributed by atoms with Crippen LogP contribution in [-0.2, 0) is 6.42 Å². The molecule has 0 spiro atoms. The molecule has 2 amide bonds. The average Bonchev–Trinajstić information content (AvgIpc) is 3.28. The maximum Gasteiger partial charge on any atom is 0.321 e. The van der Waals surface area contributed by atoms with Gasteiger partial charge in [-0.15, -0.1) is 22.7 Å². The second kappa shape index (κ2) is 9.58. The number of nitrogens with zero attached hydrogens (tertiary/aromatic N) is 4. The van der Waals surface area contributed by atoms with E-state index in [0.29, 0.717) is 11.7 Å². The summed E-state index contributed by atoms with van der Waals surface area (Å²) in [6.45, 7) is 2.32. The lowest BCUT2D eigenvalue weighted by Crippen LogP contribution is -2.31. The Labute approximate surface area is 166 Å². The Hall–Kier alpha value is -2.30. The predicted octanol–water partition coefficient (Wildman–Crippen LogP) is 2.88. The molecule has 0 saturated heterocycles. The van der Waals surface area contributed by atoms with E-state index in [9.17, 15) is 4.79 Å². The number of carbonyl (C=O) groups is 1. The van der Waals surface area contributed by atoms with Gasteiger partial charge in [0.1, 0.15) is 12.1 Å². The molecule has 0 aliphatic carbocycles. The first-order chi connectivity index (χ1) is 13.1. The molecule has 0 saturated carbocycles. The number of urea groups is 1. The number of anilines is 2. The first-order valence-corrected chi connectivity index (χ1v) is 10.4. The molecule has 27 heavy (non-hydrogen) atoms. The summed E-state index contributed by atoms with van der Waals surface area (Å²) in [7, 11) is 4.03. The van der Waals surface area contributed by atoms with Crippen LogP contribution in [0.3, 0.4) is 0 Å². The summed E-state index contributed by atoms with van der Waals surface area (Å²) >= 11 is 3.11. The number of carbonyl (C=O) groups excluding carboxylic acids is 1. The number of amides is 2. The van der Waals surface area contributed by atoms with Gasteiger partial charge in [-0.2, -0.15) is 0 Å². The Morgan fingerprint density at radius 1 is 1.22 bits per heavy atom. The largest absolute Gasteiger partial charge is 0.368 e. The molecule has 0 aliphatic rings. The predicted molar refractivity (Wildman–Crippen MR) is 112 cm³/mol. The van der Waals surface area contributed by atoms with Crippen molar-refractivity contribution in [3.05, 3.63) is 28.8 Å². The second-order valence-corrected chi connectivity index (χ2v) is 8.23. The molecular formula is C17H23N7OS2. The molecule has 3 N–H and O–H groups in total. The summed E-state index contributed by atoms with van der Waals surface area (Å²) in [6, 6.07) is 1.77. The summed E-state index contributed by atoms with van der Waals surface area (Å²) in [5.74, 6) is 0.856. The average molecular weight is 406 g/mol. The number of aromatic nitrogens is 3. The van der Waals surface area contributed by atoms with Gasteiger partial charge in [0.25, 0.3) is 0 Å². The zero-order valence-electron chi connectivity index (χ0n) is 15.4. The molecule has 0 radical (unpaired) electrons. The summed E-state index contributed by atoms with van der Waals surface area (Å²) in [6.07, 6.45) is 5.09. The van der Waals surface area contributed by atoms with Crippen LogP contribution >= 0.6 is 22.7 Å². The van der Waals surface area contributed by atoms with Gasteiger partial charge in [-0.05, 0) is 38.5 Å². The number of hydrogen-bond acceptors (Lipinski definition) is 8. The van der Waals surface area contributed by atoms with E-state index < -0.39 is 0 Å². The Morgan fingerprint density at radius 2 is 2.11 bits per heavy atom. The number of thiophene rings is 1. The summed E-state index contributed by atoms with van der Waals surface area (Å²) in [5, 5.41) is 11.6. The van der Waals surface area contributed by atoms with Crippen LogP contribution in [0.4, 0.5) is 15.7 Å². The van der Waals surface area contributed by atoms with E-state index >= 15 is 0 Å². The van der Waals surface area contributed by atoms with E-state index in [1.807, 2.05) is 25.5 Å². The smallest absolute Gasteiger partial charge is 0.321 e. The van der Waals surface area contributed by atoms with Crippen LogP contribution in [0.2, 0.25) is 0 Å². The number of fused-ring (bicyclic) bond motifs is 1. The molecule has 3 heterocycles. The van der Waals surface area contributed by atoms with E-state index in [4.69, 9.17) is 0 Å². The standard InChI is InChI=1S/C17H23N7OS2/c1-24(2)8-3-6-19-16(25)23-17-20-10-12(27-17)4-7-18-15-14-13(5-9-26-14)21-11-22-15/h5,9-11H,3-4,6-8H2,1-2H3,(H,18,21,22)(H2,19,20,23,25). The number of hydrogen-bond donors (Lipinski definition) is 3. The van der Waals surface area contributed by atoms with Crippen LogP contribution < -0.4 is 16.0 Å². The van der Waals surface area contributed by atoms with Crippen LogP contribution in [0, 0.1) is 0 Å². The van der Waals surface area contributed by atoms with Crippen LogP contribution in [0.15, 0.2) is 24.0 Å². The lowest BCUT2D eigenvalue weighted by atomic mass is 10.3. The summed E-state index contributed by atoms with van der Waals surface area (Å²) < 4.78 is 1.06. The molecular weight excluding hydrogens is 382 g/mol. The van der Waals surface area contributed by atoms with Crippen LogP contribution in [0.1, 0.15) is 11.3 Å². The SMILES string of the molecule is CN(C)CCCNC(=O)Nc1ncc(CCNc2ncnc3ccsc23)s1. The normalized spacial score (nSPS) is 11.1. The molecule has 0 aromatic carbocycles. The quantitative estimate of drug-likeness (QED) is 0.474. The van der Waals surface area contributed by atoms with Crippen molar-refractivity contribution in [1.29, 1.82) is 0 Å². The van der Waals surface area contributed by atoms with Crippen molar-refractivity contribution in [2.45, 2.75) is 12.8 Å². The van der Waals surface area contributed by atoms with E-state index in [1.165, 1.54) is 11.3 Å². The third kappa shape index (κ3) is 5.84. The minimum Gasteiger partial charge on any atom is -0.368 e. The molecule has 8 nitrogen and oxygen atoms in total. The van der Waals surface area contributed by atoms with Gasteiger partial charge in [0.2, 0.25) is 0 Å². The van der Waals surface area contributed by atoms with Crippen molar-refractivity contribution < 1.29 is 4.79 Å². The number of nitrogens with one attached hydrogen (secondary N) is 3. The first kappa shape index (κ1) is 19.5. The van der Waals surface area contributed by atoms with Gasteiger partial charge >= 0.3 is 6.03 Å². The highest BCUT2D eigenvalue weighted by Crippen LogP contribution is 2.25. The highest BCUT2D eigenvalue weighted by Gasteiger charge is 2.08. The van der Waals surface area contributed by atoms with Crippen molar-refractivity contribution in [2.24, 2.45) is 0 Å². The summed E-state index contributed by atoms with van der Waals surface area (Å²) in [5.41, 5.74) is 0.957. The van der Waals surface area contributed by atoms with E-state index in [0.717, 1.165) is 46.8 Å². The Kier molecular flexibility index (Phi) is 6.91. The van der Waals surface area contributed by atoms with Crippen molar-refractivity contribution >= 4 is 49.9 Å². The molecule has 0 fully saturated rings. The van der Waals surface area contributed by atoms with Crippen LogP contribution in [0.25, 0.3) is 10.2 Å². The molecule has 0 atom stereocenters. The van der Waals surface area contributed by atoms with Gasteiger partial charge < -0.3 is 15.5 Å².